The number of carbonyl (C=O) groups is 5. The summed E-state index contributed by atoms with van der Waals surface area (Å²) in [5, 5.41) is 35.7. The number of piperidine rings is 1. The lowest BCUT2D eigenvalue weighted by molar-refractivity contribution is -0.265. The Morgan fingerprint density at radius 1 is 0.884 bits per heavy atom. The molecule has 5 rings (SSSR count). The van der Waals surface area contributed by atoms with Crippen LogP contribution in [0.4, 0.5) is 0 Å². The van der Waals surface area contributed by atoms with Gasteiger partial charge in [0.15, 0.2) is 12.1 Å². The number of cyclic esters (lactones) is 1. The fraction of sp³-hybridized carbons (Fsp3) is 0.731. The number of esters is 1. The van der Waals surface area contributed by atoms with E-state index in [9.17, 15) is 34.2 Å². The first-order valence-corrected chi connectivity index (χ1v) is 25.0. The van der Waals surface area contributed by atoms with Crippen LogP contribution in [0.25, 0.3) is 0 Å². The van der Waals surface area contributed by atoms with Crippen LogP contribution in [-0.4, -0.2) is 141 Å². The molecule has 2 N–H and O–H groups in total. The van der Waals surface area contributed by atoms with Crippen LogP contribution >= 0.6 is 0 Å². The van der Waals surface area contributed by atoms with Gasteiger partial charge in [-0.05, 0) is 112 Å². The Morgan fingerprint density at radius 2 is 1.64 bits per heavy atom. The lowest BCUT2D eigenvalue weighted by Gasteiger charge is -2.42. The lowest BCUT2D eigenvalue weighted by atomic mass is 9.77. The average Bonchev–Trinajstić information content (AvgIpc) is 3.88. The van der Waals surface area contributed by atoms with Crippen molar-refractivity contribution in [3.8, 4) is 0 Å². The average molecular weight is 966 g/mol. The van der Waals surface area contributed by atoms with Gasteiger partial charge in [-0.2, -0.15) is 4.80 Å². The highest BCUT2D eigenvalue weighted by Crippen LogP contribution is 2.39. The van der Waals surface area contributed by atoms with Crippen molar-refractivity contribution >= 4 is 29.2 Å². The Kier molecular flexibility index (Phi) is 20.8. The third kappa shape index (κ3) is 14.2. The Morgan fingerprint density at radius 3 is 2.32 bits per heavy atom. The SMILES string of the molecule is CO[C@H]1C[C@@H]2CCC(C)[C@@](O)(O2)C(=O)C(=O)N2CCCC[C@H]2C(=O)O[C@H]([C@H](C)C[C@@H]2CC[C@H](n3ncnn3)[C@H](OC)C2)CC(=O)[C@H](C)/C=C(\C)[C@@H](O)[C@@H](OC)C(=O)[C@@H](C)CC(C)/C=C/C=C/C=C/1C. The zero-order chi connectivity index (χ0) is 50.6. The van der Waals surface area contributed by atoms with Gasteiger partial charge in [-0.3, -0.25) is 19.2 Å². The topological polar surface area (TPSA) is 219 Å². The van der Waals surface area contributed by atoms with E-state index in [-0.39, 0.29) is 60.9 Å². The van der Waals surface area contributed by atoms with Gasteiger partial charge in [0.25, 0.3) is 11.7 Å². The van der Waals surface area contributed by atoms with Crippen LogP contribution in [-0.2, 0) is 47.7 Å². The van der Waals surface area contributed by atoms with E-state index in [1.807, 2.05) is 58.1 Å². The molecule has 384 valence electrons. The van der Waals surface area contributed by atoms with Crippen LogP contribution in [0.3, 0.4) is 0 Å². The largest absolute Gasteiger partial charge is 0.460 e. The Labute approximate surface area is 408 Å². The minimum Gasteiger partial charge on any atom is -0.460 e. The van der Waals surface area contributed by atoms with E-state index in [1.165, 1.54) is 18.3 Å². The fourth-order valence-corrected chi connectivity index (χ4v) is 10.7. The second kappa shape index (κ2) is 25.7. The molecule has 17 heteroatoms. The number of aliphatic hydroxyl groups excluding tert-OH is 1. The van der Waals surface area contributed by atoms with E-state index < -0.39 is 77.8 Å². The first-order valence-electron chi connectivity index (χ1n) is 25.0. The highest BCUT2D eigenvalue weighted by molar-refractivity contribution is 6.39. The van der Waals surface area contributed by atoms with E-state index in [0.717, 1.165) is 18.4 Å². The van der Waals surface area contributed by atoms with E-state index in [0.29, 0.717) is 56.9 Å². The molecule has 4 heterocycles. The number of allylic oxidation sites excluding steroid dienone is 6. The zero-order valence-electron chi connectivity index (χ0n) is 42.5. The van der Waals surface area contributed by atoms with Gasteiger partial charge in [0.2, 0.25) is 5.79 Å². The molecule has 1 aliphatic carbocycles. The molecule has 3 aliphatic heterocycles. The molecule has 1 aromatic rings. The number of hydrogen-bond donors (Lipinski definition) is 2. The van der Waals surface area contributed by atoms with Crippen LogP contribution in [0.2, 0.25) is 0 Å². The maximum atomic E-state index is 14.5. The Hall–Kier alpha value is -4.26. The van der Waals surface area contributed by atoms with Crippen molar-refractivity contribution in [3.63, 3.8) is 0 Å². The second-order valence-electron chi connectivity index (χ2n) is 20.3. The van der Waals surface area contributed by atoms with Crippen molar-refractivity contribution in [1.29, 1.82) is 0 Å². The summed E-state index contributed by atoms with van der Waals surface area (Å²) in [6.45, 7) is 12.8. The Bertz CT molecular complexity index is 2020. The molecule has 3 fully saturated rings. The molecular weight excluding hydrogens is 887 g/mol. The molecular formula is C52H79N5O12. The summed E-state index contributed by atoms with van der Waals surface area (Å²) in [5.74, 6) is -7.94. The van der Waals surface area contributed by atoms with Gasteiger partial charge >= 0.3 is 5.97 Å². The molecule has 69 heavy (non-hydrogen) atoms. The van der Waals surface area contributed by atoms with Crippen molar-refractivity contribution in [2.45, 2.75) is 180 Å². The van der Waals surface area contributed by atoms with Crippen LogP contribution in [0.5, 0.6) is 0 Å². The quantitative estimate of drug-likeness (QED) is 0.181. The van der Waals surface area contributed by atoms with Gasteiger partial charge < -0.3 is 38.8 Å². The number of ether oxygens (including phenoxy) is 5. The Balaban J connectivity index is 1.46. The van der Waals surface area contributed by atoms with Gasteiger partial charge in [0.1, 0.15) is 30.1 Å². The standard InChI is InChI=1S/C52H79N5O12/c1-31-16-12-11-13-17-32(2)43(65-8)28-39-21-19-37(7)52(64,69-39)49(61)50(62)56-23-15-14-18-41(56)51(63)68-44(34(4)26-38-20-22-40(45(27-38)66-9)57-54-30-53-55-57)29-42(58)33(3)25-36(6)47(60)48(67-10)46(59)35(5)24-31/h11-13,16-17,25,30-31,33-35,37-41,43-45,47-48,60,64H,14-15,18-24,26-29H2,1-10H3/b13-11+,16-12+,32-17+,36-25+/t31?,33-,34-,35+,37?,38+,39+,40+,41+,43+,44+,45-,47-,48+,52-/m1/s1. The van der Waals surface area contributed by atoms with Crippen LogP contribution < -0.4 is 0 Å². The summed E-state index contributed by atoms with van der Waals surface area (Å²) in [6.07, 6.45) is 13.7. The van der Waals surface area contributed by atoms with Gasteiger partial charge in [-0.15, -0.1) is 10.2 Å². The van der Waals surface area contributed by atoms with Crippen molar-refractivity contribution in [3.05, 3.63) is 53.9 Å². The van der Waals surface area contributed by atoms with Crippen LogP contribution in [0, 0.1) is 35.5 Å². The highest BCUT2D eigenvalue weighted by atomic mass is 16.6. The first-order chi connectivity index (χ1) is 32.8. The van der Waals surface area contributed by atoms with Gasteiger partial charge in [-0.1, -0.05) is 71.1 Å². The van der Waals surface area contributed by atoms with Crippen LogP contribution in [0.15, 0.2) is 53.9 Å². The van der Waals surface area contributed by atoms with E-state index in [2.05, 4.69) is 15.4 Å². The van der Waals surface area contributed by atoms with Gasteiger partial charge in [0, 0.05) is 58.5 Å². The number of aromatic nitrogens is 4. The van der Waals surface area contributed by atoms with Crippen molar-refractivity contribution in [1.82, 2.24) is 25.1 Å². The predicted molar refractivity (Wildman–Crippen MR) is 256 cm³/mol. The summed E-state index contributed by atoms with van der Waals surface area (Å²) in [5.41, 5.74) is 1.27. The first kappa shape index (κ1) is 55.7. The lowest BCUT2D eigenvalue weighted by Crippen LogP contribution is -2.61. The third-order valence-electron chi connectivity index (χ3n) is 15.1. The maximum absolute atomic E-state index is 14.5. The summed E-state index contributed by atoms with van der Waals surface area (Å²) in [4.78, 5) is 73.9. The summed E-state index contributed by atoms with van der Waals surface area (Å²) in [7, 11) is 4.61. The molecule has 0 aromatic carbocycles. The smallest absolute Gasteiger partial charge is 0.329 e. The molecule has 0 spiro atoms. The minimum atomic E-state index is -2.43. The fourth-order valence-electron chi connectivity index (χ4n) is 10.7. The molecule has 17 nitrogen and oxygen atoms in total. The number of methoxy groups -OCH3 is 3. The molecule has 1 aromatic heterocycles. The number of fused-ring (bicyclic) bond motifs is 3. The number of aliphatic hydroxyl groups is 2. The maximum Gasteiger partial charge on any atom is 0.329 e. The number of carbonyl (C=O) groups excluding carboxylic acids is 5. The summed E-state index contributed by atoms with van der Waals surface area (Å²) < 4.78 is 29.9. The molecule has 2 unspecified atom stereocenters. The van der Waals surface area contributed by atoms with E-state index in [4.69, 9.17) is 23.7 Å². The molecule has 2 saturated heterocycles. The summed E-state index contributed by atoms with van der Waals surface area (Å²) >= 11 is 0. The molecule has 2 bridgehead atoms. The number of rotatable bonds is 7. The molecule has 1 saturated carbocycles. The number of hydrogen-bond acceptors (Lipinski definition) is 15. The van der Waals surface area contributed by atoms with Gasteiger partial charge in [-0.25, -0.2) is 4.79 Å². The highest BCUT2D eigenvalue weighted by Gasteiger charge is 2.53. The summed E-state index contributed by atoms with van der Waals surface area (Å²) in [6, 6.07) is -1.24. The number of Topliss-reactive ketones (excluding diaryl/α,β-unsaturated/α-hetero) is 3. The van der Waals surface area contributed by atoms with Crippen molar-refractivity contribution < 1.29 is 57.9 Å². The number of tetrazole rings is 1. The molecule has 1 amide bonds. The van der Waals surface area contributed by atoms with Crippen molar-refractivity contribution in [2.75, 3.05) is 27.9 Å². The number of ketones is 3. The monoisotopic (exact) mass is 966 g/mol. The zero-order valence-corrected chi connectivity index (χ0v) is 42.5. The van der Waals surface area contributed by atoms with Gasteiger partial charge in [0.05, 0.1) is 24.4 Å². The number of amides is 1. The van der Waals surface area contributed by atoms with E-state index >= 15 is 0 Å². The molecule has 0 radical (unpaired) electrons. The molecule has 15 atom stereocenters. The van der Waals surface area contributed by atoms with Crippen molar-refractivity contribution in [2.24, 2.45) is 35.5 Å². The molecule has 4 aliphatic rings. The number of nitrogens with zero attached hydrogens (tertiary/aromatic N) is 5. The predicted octanol–water partition coefficient (Wildman–Crippen LogP) is 6.05. The third-order valence-corrected chi connectivity index (χ3v) is 15.1. The minimum absolute atomic E-state index is 0.0168. The normalized spacial score (nSPS) is 38.8. The second-order valence-corrected chi connectivity index (χ2v) is 20.3. The van der Waals surface area contributed by atoms with E-state index in [1.54, 1.807) is 45.9 Å². The van der Waals surface area contributed by atoms with Crippen LogP contribution in [0.1, 0.15) is 132 Å².